The third-order valence-electron chi connectivity index (χ3n) is 2.89. The lowest BCUT2D eigenvalue weighted by atomic mass is 10.4. The number of amides is 2. The molecule has 2 rings (SSSR count). The van der Waals surface area contributed by atoms with Crippen molar-refractivity contribution >= 4 is 23.6 Å². The predicted molar refractivity (Wildman–Crippen MR) is 85.8 cm³/mol. The Kier molecular flexibility index (Phi) is 6.68. The summed E-state index contributed by atoms with van der Waals surface area (Å²) in [5.74, 6) is 0.176. The average Bonchev–Trinajstić information content (AvgIpc) is 3.08. The van der Waals surface area contributed by atoms with Gasteiger partial charge in [0.15, 0.2) is 5.76 Å². The number of hydrogen-bond donors (Lipinski definition) is 2. The van der Waals surface area contributed by atoms with Crippen LogP contribution in [0, 0.1) is 5.82 Å². The van der Waals surface area contributed by atoms with Crippen LogP contribution in [0.1, 0.15) is 17.0 Å². The number of benzene rings is 1. The molecule has 0 atom stereocenters. The number of thioether (sulfide) groups is 1. The van der Waals surface area contributed by atoms with E-state index in [1.807, 2.05) is 0 Å². The number of halogens is 1. The van der Waals surface area contributed by atoms with Gasteiger partial charge in [-0.2, -0.15) is 0 Å². The van der Waals surface area contributed by atoms with Crippen LogP contribution in [0.3, 0.4) is 0 Å². The lowest BCUT2D eigenvalue weighted by molar-refractivity contribution is -0.120. The number of hydrogen-bond acceptors (Lipinski definition) is 4. The van der Waals surface area contributed by atoms with Crippen LogP contribution in [0.15, 0.2) is 52.0 Å². The van der Waals surface area contributed by atoms with Gasteiger partial charge in [0.2, 0.25) is 5.91 Å². The first-order chi connectivity index (χ1) is 11.1. The first-order valence-electron chi connectivity index (χ1n) is 7.12. The van der Waals surface area contributed by atoms with Gasteiger partial charge in [-0.15, -0.1) is 11.8 Å². The SMILES string of the molecule is O=C(CCSc1ccc(F)cc1)NCCNC(=O)c1ccco1. The van der Waals surface area contributed by atoms with Gasteiger partial charge in [0, 0.05) is 30.2 Å². The summed E-state index contributed by atoms with van der Waals surface area (Å²) in [6.07, 6.45) is 1.78. The summed E-state index contributed by atoms with van der Waals surface area (Å²) in [7, 11) is 0. The van der Waals surface area contributed by atoms with E-state index in [0.717, 1.165) is 4.90 Å². The first-order valence-corrected chi connectivity index (χ1v) is 8.10. The van der Waals surface area contributed by atoms with Crippen LogP contribution in [-0.4, -0.2) is 30.7 Å². The maximum Gasteiger partial charge on any atom is 0.287 e. The minimum Gasteiger partial charge on any atom is -0.459 e. The minimum atomic E-state index is -0.309. The summed E-state index contributed by atoms with van der Waals surface area (Å²) in [5.41, 5.74) is 0. The fourth-order valence-electron chi connectivity index (χ4n) is 1.75. The number of nitrogens with one attached hydrogen (secondary N) is 2. The number of carbonyl (C=O) groups excluding carboxylic acids is 2. The van der Waals surface area contributed by atoms with Crippen molar-refractivity contribution in [1.82, 2.24) is 10.6 Å². The molecular formula is C16H17FN2O3S. The highest BCUT2D eigenvalue weighted by Crippen LogP contribution is 2.18. The highest BCUT2D eigenvalue weighted by atomic mass is 32.2. The van der Waals surface area contributed by atoms with Gasteiger partial charge < -0.3 is 15.1 Å². The molecule has 0 unspecified atom stereocenters. The molecule has 0 fully saturated rings. The molecule has 0 aliphatic rings. The van der Waals surface area contributed by atoms with E-state index in [-0.39, 0.29) is 23.4 Å². The molecule has 0 spiro atoms. The van der Waals surface area contributed by atoms with Gasteiger partial charge in [-0.3, -0.25) is 9.59 Å². The summed E-state index contributed by atoms with van der Waals surface area (Å²) in [6.45, 7) is 0.683. The lowest BCUT2D eigenvalue weighted by Crippen LogP contribution is -2.34. The second-order valence-corrected chi connectivity index (χ2v) is 5.80. The summed E-state index contributed by atoms with van der Waals surface area (Å²) >= 11 is 1.49. The van der Waals surface area contributed by atoms with Gasteiger partial charge in [0.1, 0.15) is 5.82 Å². The summed E-state index contributed by atoms with van der Waals surface area (Å²) < 4.78 is 17.7. The Labute approximate surface area is 137 Å². The molecule has 2 aromatic rings. The second-order valence-electron chi connectivity index (χ2n) is 4.64. The van der Waals surface area contributed by atoms with E-state index in [1.165, 1.54) is 30.2 Å². The molecule has 0 radical (unpaired) electrons. The van der Waals surface area contributed by atoms with Gasteiger partial charge in [0.25, 0.3) is 5.91 Å². The van der Waals surface area contributed by atoms with Crippen molar-refractivity contribution < 1.29 is 18.4 Å². The Morgan fingerprint density at radius 1 is 1.09 bits per heavy atom. The lowest BCUT2D eigenvalue weighted by Gasteiger charge is -2.06. The Morgan fingerprint density at radius 3 is 2.52 bits per heavy atom. The van der Waals surface area contributed by atoms with Crippen molar-refractivity contribution in [3.05, 3.63) is 54.2 Å². The molecule has 2 amide bonds. The Hall–Kier alpha value is -2.28. The maximum atomic E-state index is 12.7. The quantitative estimate of drug-likeness (QED) is 0.574. The van der Waals surface area contributed by atoms with E-state index < -0.39 is 0 Å². The Bertz CT molecular complexity index is 629. The van der Waals surface area contributed by atoms with Crippen LogP contribution >= 0.6 is 11.8 Å². The molecule has 1 aromatic carbocycles. The number of rotatable bonds is 8. The maximum absolute atomic E-state index is 12.7. The third-order valence-corrected chi connectivity index (χ3v) is 3.90. The largest absolute Gasteiger partial charge is 0.459 e. The van der Waals surface area contributed by atoms with Crippen LogP contribution in [0.2, 0.25) is 0 Å². The molecule has 0 aliphatic heterocycles. The van der Waals surface area contributed by atoms with Gasteiger partial charge >= 0.3 is 0 Å². The molecule has 0 saturated carbocycles. The Morgan fingerprint density at radius 2 is 1.83 bits per heavy atom. The average molecular weight is 336 g/mol. The van der Waals surface area contributed by atoms with Gasteiger partial charge in [-0.25, -0.2) is 4.39 Å². The standard InChI is InChI=1S/C16H17FN2O3S/c17-12-3-5-13(6-4-12)23-11-7-15(20)18-8-9-19-16(21)14-2-1-10-22-14/h1-6,10H,7-9,11H2,(H,18,20)(H,19,21). The topological polar surface area (TPSA) is 71.3 Å². The molecule has 1 heterocycles. The van der Waals surface area contributed by atoms with E-state index in [2.05, 4.69) is 10.6 Å². The second kappa shape index (κ2) is 8.99. The first kappa shape index (κ1) is 17.1. The molecule has 122 valence electrons. The van der Waals surface area contributed by atoms with Gasteiger partial charge in [0.05, 0.1) is 6.26 Å². The molecule has 23 heavy (non-hydrogen) atoms. The van der Waals surface area contributed by atoms with Crippen LogP contribution in [0.4, 0.5) is 4.39 Å². The van der Waals surface area contributed by atoms with Gasteiger partial charge in [-0.05, 0) is 36.4 Å². The van der Waals surface area contributed by atoms with E-state index in [9.17, 15) is 14.0 Å². The molecule has 1 aromatic heterocycles. The summed E-state index contributed by atoms with van der Waals surface area (Å²) in [5, 5.41) is 5.36. The molecule has 5 nitrogen and oxygen atoms in total. The van der Waals surface area contributed by atoms with Crippen molar-refractivity contribution in [2.75, 3.05) is 18.8 Å². The number of carbonyl (C=O) groups is 2. The van der Waals surface area contributed by atoms with Crippen molar-refractivity contribution in [1.29, 1.82) is 0 Å². The minimum absolute atomic E-state index is 0.0909. The van der Waals surface area contributed by atoms with Crippen molar-refractivity contribution in [2.45, 2.75) is 11.3 Å². The van der Waals surface area contributed by atoms with Crippen LogP contribution in [0.5, 0.6) is 0 Å². The smallest absolute Gasteiger partial charge is 0.287 e. The molecule has 2 N–H and O–H groups in total. The zero-order valence-electron chi connectivity index (χ0n) is 12.4. The molecule has 0 aliphatic carbocycles. The molecule has 0 bridgehead atoms. The van der Waals surface area contributed by atoms with Crippen molar-refractivity contribution in [3.8, 4) is 0 Å². The zero-order chi connectivity index (χ0) is 16.5. The van der Waals surface area contributed by atoms with E-state index in [4.69, 9.17) is 4.42 Å². The van der Waals surface area contributed by atoms with E-state index in [1.54, 1.807) is 24.3 Å². The number of furan rings is 1. The fourth-order valence-corrected chi connectivity index (χ4v) is 2.61. The zero-order valence-corrected chi connectivity index (χ0v) is 13.2. The molecule has 7 heteroatoms. The van der Waals surface area contributed by atoms with Gasteiger partial charge in [-0.1, -0.05) is 0 Å². The summed E-state index contributed by atoms with van der Waals surface area (Å²) in [6, 6.07) is 9.36. The predicted octanol–water partition coefficient (Wildman–Crippen LogP) is 2.45. The highest BCUT2D eigenvalue weighted by Gasteiger charge is 2.07. The van der Waals surface area contributed by atoms with Crippen molar-refractivity contribution in [3.63, 3.8) is 0 Å². The molecular weight excluding hydrogens is 319 g/mol. The Balaban J connectivity index is 1.55. The fraction of sp³-hybridized carbons (Fsp3) is 0.250. The van der Waals surface area contributed by atoms with Crippen LogP contribution in [0.25, 0.3) is 0 Å². The van der Waals surface area contributed by atoms with Crippen molar-refractivity contribution in [2.24, 2.45) is 0 Å². The van der Waals surface area contributed by atoms with E-state index in [0.29, 0.717) is 25.3 Å². The van der Waals surface area contributed by atoms with Crippen LogP contribution < -0.4 is 10.6 Å². The van der Waals surface area contributed by atoms with Crippen LogP contribution in [-0.2, 0) is 4.79 Å². The third kappa shape index (κ3) is 6.15. The normalized spacial score (nSPS) is 10.3. The van der Waals surface area contributed by atoms with E-state index >= 15 is 0 Å². The summed E-state index contributed by atoms with van der Waals surface area (Å²) in [4.78, 5) is 24.1. The highest BCUT2D eigenvalue weighted by molar-refractivity contribution is 7.99. The molecule has 0 saturated heterocycles. The monoisotopic (exact) mass is 336 g/mol.